The van der Waals surface area contributed by atoms with Crippen LogP contribution >= 0.6 is 15.9 Å². The highest BCUT2D eigenvalue weighted by molar-refractivity contribution is 9.10. The van der Waals surface area contributed by atoms with Crippen molar-refractivity contribution in [2.75, 3.05) is 0 Å². The zero-order chi connectivity index (χ0) is 11.2. The third-order valence-corrected chi connectivity index (χ3v) is 2.82. The molecular weight excluding hydrogens is 259 g/mol. The molecule has 0 radical (unpaired) electrons. The fourth-order valence-corrected chi connectivity index (χ4v) is 1.90. The number of halogens is 2. The van der Waals surface area contributed by atoms with Crippen LogP contribution in [0.3, 0.4) is 0 Å². The maximum atomic E-state index is 13.1. The molecule has 0 aliphatic heterocycles. The first kappa shape index (κ1) is 10.6. The molecule has 2 nitrogen and oxygen atoms in total. The van der Waals surface area contributed by atoms with E-state index in [0.29, 0.717) is 4.47 Å². The number of nitrogens with zero attached hydrogens (tertiary/aromatic N) is 2. The molecule has 0 fully saturated rings. The average Bonchev–Trinajstić information content (AvgIpc) is 2.46. The summed E-state index contributed by atoms with van der Waals surface area (Å²) in [5.41, 5.74) is 1.68. The number of hydrogen-bond acceptors (Lipinski definition) is 1. The van der Waals surface area contributed by atoms with Gasteiger partial charge < -0.3 is 4.40 Å². The third kappa shape index (κ3) is 1.91. The highest BCUT2D eigenvalue weighted by Crippen LogP contribution is 2.25. The van der Waals surface area contributed by atoms with Crippen LogP contribution in [0.25, 0.3) is 5.65 Å². The van der Waals surface area contributed by atoms with Gasteiger partial charge in [-0.05, 0) is 22.0 Å². The van der Waals surface area contributed by atoms with E-state index >= 15 is 0 Å². The maximum absolute atomic E-state index is 13.1. The summed E-state index contributed by atoms with van der Waals surface area (Å²) in [6.45, 7) is 6.25. The highest BCUT2D eigenvalue weighted by Gasteiger charge is 2.18. The van der Waals surface area contributed by atoms with Crippen molar-refractivity contribution >= 4 is 21.6 Å². The van der Waals surface area contributed by atoms with Gasteiger partial charge in [-0.25, -0.2) is 9.37 Å². The smallest absolute Gasteiger partial charge is 0.151 e. The van der Waals surface area contributed by atoms with Crippen molar-refractivity contribution in [1.82, 2.24) is 9.38 Å². The van der Waals surface area contributed by atoms with Crippen LogP contribution in [0.2, 0.25) is 0 Å². The molecule has 15 heavy (non-hydrogen) atoms. The Hall–Kier alpha value is -0.900. The summed E-state index contributed by atoms with van der Waals surface area (Å²) in [4.78, 5) is 4.47. The van der Waals surface area contributed by atoms with Crippen LogP contribution in [0.4, 0.5) is 4.39 Å². The SMILES string of the molecule is CC(C)(C)c1cn2cc(F)cc(Br)c2n1. The van der Waals surface area contributed by atoms with E-state index in [0.717, 1.165) is 11.3 Å². The van der Waals surface area contributed by atoms with Crippen LogP contribution in [0.1, 0.15) is 26.5 Å². The van der Waals surface area contributed by atoms with Gasteiger partial charge in [0.2, 0.25) is 0 Å². The van der Waals surface area contributed by atoms with E-state index in [1.165, 1.54) is 12.3 Å². The Morgan fingerprint density at radius 3 is 2.60 bits per heavy atom. The first-order valence-corrected chi connectivity index (χ1v) is 5.51. The molecule has 0 saturated heterocycles. The first-order chi connectivity index (χ1) is 6.88. The van der Waals surface area contributed by atoms with E-state index in [1.54, 1.807) is 4.40 Å². The molecule has 0 saturated carbocycles. The van der Waals surface area contributed by atoms with Crippen molar-refractivity contribution in [3.8, 4) is 0 Å². The number of aromatic nitrogens is 2. The summed E-state index contributed by atoms with van der Waals surface area (Å²) in [6.07, 6.45) is 3.30. The van der Waals surface area contributed by atoms with Gasteiger partial charge in [-0.1, -0.05) is 20.8 Å². The van der Waals surface area contributed by atoms with Crippen LogP contribution in [0.15, 0.2) is 22.9 Å². The Bertz CT molecular complexity index is 511. The van der Waals surface area contributed by atoms with Gasteiger partial charge >= 0.3 is 0 Å². The molecule has 2 aromatic rings. The second-order valence-corrected chi connectivity index (χ2v) is 5.47. The molecule has 0 unspecified atom stereocenters. The van der Waals surface area contributed by atoms with E-state index in [2.05, 4.69) is 41.7 Å². The molecule has 0 aromatic carbocycles. The number of pyridine rings is 1. The normalized spacial score (nSPS) is 12.3. The first-order valence-electron chi connectivity index (χ1n) is 4.72. The van der Waals surface area contributed by atoms with Gasteiger partial charge in [-0.15, -0.1) is 0 Å². The molecule has 0 spiro atoms. The molecule has 4 heteroatoms. The third-order valence-electron chi connectivity index (χ3n) is 2.24. The van der Waals surface area contributed by atoms with Gasteiger partial charge in [0.15, 0.2) is 5.65 Å². The van der Waals surface area contributed by atoms with Gasteiger partial charge in [-0.3, -0.25) is 0 Å². The summed E-state index contributed by atoms with van der Waals surface area (Å²) >= 11 is 3.30. The summed E-state index contributed by atoms with van der Waals surface area (Å²) in [6, 6.07) is 1.43. The number of hydrogen-bond donors (Lipinski definition) is 0. The quantitative estimate of drug-likeness (QED) is 0.716. The summed E-state index contributed by atoms with van der Waals surface area (Å²) < 4.78 is 15.5. The Labute approximate surface area is 96.3 Å². The molecule has 2 heterocycles. The molecule has 0 aliphatic rings. The standard InChI is InChI=1S/C11H12BrFN2/c1-11(2,3)9-6-15-5-7(13)4-8(12)10(15)14-9/h4-6H,1-3H3. The Balaban J connectivity index is 2.71. The maximum Gasteiger partial charge on any atom is 0.151 e. The fourth-order valence-electron chi connectivity index (χ4n) is 1.39. The predicted molar refractivity (Wildman–Crippen MR) is 61.6 cm³/mol. The molecule has 80 valence electrons. The van der Waals surface area contributed by atoms with Gasteiger partial charge in [0.25, 0.3) is 0 Å². The molecule has 0 aliphatic carbocycles. The largest absolute Gasteiger partial charge is 0.303 e. The van der Waals surface area contributed by atoms with E-state index in [-0.39, 0.29) is 11.2 Å². The van der Waals surface area contributed by atoms with Crippen LogP contribution in [-0.2, 0) is 5.41 Å². The minimum Gasteiger partial charge on any atom is -0.303 e. The lowest BCUT2D eigenvalue weighted by Gasteiger charge is -2.13. The van der Waals surface area contributed by atoms with E-state index < -0.39 is 0 Å². The molecule has 0 amide bonds. The van der Waals surface area contributed by atoms with E-state index in [9.17, 15) is 4.39 Å². The second-order valence-electron chi connectivity index (χ2n) is 4.61. The van der Waals surface area contributed by atoms with Crippen molar-refractivity contribution in [3.63, 3.8) is 0 Å². The Morgan fingerprint density at radius 2 is 2.00 bits per heavy atom. The average molecular weight is 271 g/mol. The van der Waals surface area contributed by atoms with Crippen LogP contribution in [0.5, 0.6) is 0 Å². The zero-order valence-corrected chi connectivity index (χ0v) is 10.5. The van der Waals surface area contributed by atoms with Crippen molar-refractivity contribution in [3.05, 3.63) is 34.4 Å². The lowest BCUT2D eigenvalue weighted by Crippen LogP contribution is -2.11. The van der Waals surface area contributed by atoms with Crippen molar-refractivity contribution in [1.29, 1.82) is 0 Å². The summed E-state index contributed by atoms with van der Waals surface area (Å²) in [5, 5.41) is 0. The number of imidazole rings is 1. The minimum atomic E-state index is -0.271. The van der Waals surface area contributed by atoms with Crippen LogP contribution in [-0.4, -0.2) is 9.38 Å². The zero-order valence-electron chi connectivity index (χ0n) is 8.88. The molecular formula is C11H12BrFN2. The predicted octanol–water partition coefficient (Wildman–Crippen LogP) is 3.53. The Kier molecular flexibility index (Phi) is 2.34. The molecule has 2 rings (SSSR count). The minimum absolute atomic E-state index is 0.0259. The molecule has 2 aromatic heterocycles. The van der Waals surface area contributed by atoms with E-state index in [4.69, 9.17) is 0 Å². The fraction of sp³-hybridized carbons (Fsp3) is 0.364. The lowest BCUT2D eigenvalue weighted by molar-refractivity contribution is 0.573. The lowest BCUT2D eigenvalue weighted by atomic mass is 9.93. The van der Waals surface area contributed by atoms with Gasteiger partial charge in [0.1, 0.15) is 5.82 Å². The van der Waals surface area contributed by atoms with Crippen molar-refractivity contribution < 1.29 is 4.39 Å². The summed E-state index contributed by atoms with van der Waals surface area (Å²) in [7, 11) is 0. The monoisotopic (exact) mass is 270 g/mol. The molecule has 0 bridgehead atoms. The van der Waals surface area contributed by atoms with Gasteiger partial charge in [0.05, 0.1) is 10.2 Å². The summed E-state index contributed by atoms with van der Waals surface area (Å²) in [5.74, 6) is -0.271. The van der Waals surface area contributed by atoms with Crippen molar-refractivity contribution in [2.45, 2.75) is 26.2 Å². The number of fused-ring (bicyclic) bond motifs is 1. The Morgan fingerprint density at radius 1 is 1.33 bits per heavy atom. The second kappa shape index (κ2) is 3.30. The van der Waals surface area contributed by atoms with E-state index in [1.807, 2.05) is 6.20 Å². The molecule has 0 N–H and O–H groups in total. The number of rotatable bonds is 0. The van der Waals surface area contributed by atoms with Crippen LogP contribution in [0, 0.1) is 5.82 Å². The van der Waals surface area contributed by atoms with Gasteiger partial charge in [0, 0.05) is 17.8 Å². The highest BCUT2D eigenvalue weighted by atomic mass is 79.9. The van der Waals surface area contributed by atoms with Crippen molar-refractivity contribution in [2.24, 2.45) is 0 Å². The molecule has 0 atom stereocenters. The van der Waals surface area contributed by atoms with Gasteiger partial charge in [-0.2, -0.15) is 0 Å². The topological polar surface area (TPSA) is 17.3 Å². The van der Waals surface area contributed by atoms with Crippen LogP contribution < -0.4 is 0 Å².